The summed E-state index contributed by atoms with van der Waals surface area (Å²) in [5, 5.41) is 42.1. The number of anilines is 1. The molecule has 5 heterocycles. The van der Waals surface area contributed by atoms with Crippen LogP contribution in [0.25, 0.3) is 11.0 Å². The predicted molar refractivity (Wildman–Crippen MR) is 142 cm³/mol. The van der Waals surface area contributed by atoms with Crippen molar-refractivity contribution in [2.45, 2.75) is 49.1 Å². The fraction of sp³-hybridized carbons (Fsp3) is 0.455. The highest BCUT2D eigenvalue weighted by Gasteiger charge is 2.50. The van der Waals surface area contributed by atoms with E-state index < -0.39 is 83.8 Å². The first kappa shape index (κ1) is 32.5. The summed E-state index contributed by atoms with van der Waals surface area (Å²) >= 11 is 0. The van der Waals surface area contributed by atoms with Gasteiger partial charge in [0.25, 0.3) is 12.1 Å². The second-order valence-corrected chi connectivity index (χ2v) is 12.9. The third-order valence-corrected chi connectivity index (χ3v) is 9.50. The van der Waals surface area contributed by atoms with Gasteiger partial charge in [-0.05, 0) is 12.1 Å². The quantitative estimate of drug-likeness (QED) is 0.0782. The molecule has 20 nitrogen and oxygen atoms in total. The van der Waals surface area contributed by atoms with Crippen molar-refractivity contribution in [3.05, 3.63) is 48.7 Å². The number of nitrogens with zero attached hydrogens (tertiary/aromatic N) is 4. The molecule has 0 aromatic carbocycles. The fourth-order valence-corrected chi connectivity index (χ4v) is 6.81. The van der Waals surface area contributed by atoms with Gasteiger partial charge in [-0.2, -0.15) is 8.88 Å². The molecule has 0 aliphatic carbocycles. The zero-order valence-electron chi connectivity index (χ0n) is 22.4. The lowest BCUT2D eigenvalue weighted by Crippen LogP contribution is -2.46. The van der Waals surface area contributed by atoms with E-state index >= 15 is 0 Å². The highest BCUT2D eigenvalue weighted by Crippen LogP contribution is 2.60. The van der Waals surface area contributed by atoms with E-state index in [2.05, 4.69) is 14.3 Å². The number of nitrogens with two attached hydrogens (primary N) is 2. The van der Waals surface area contributed by atoms with Crippen molar-refractivity contribution in [1.29, 1.82) is 0 Å². The average Bonchev–Trinajstić information content (AvgIpc) is 3.61. The molecule has 3 aromatic rings. The molecule has 2 aliphatic rings. The van der Waals surface area contributed by atoms with Crippen LogP contribution in [-0.2, 0) is 32.0 Å². The summed E-state index contributed by atoms with van der Waals surface area (Å²) < 4.78 is 52.2. The normalized spacial score (nSPS) is 31.6. The van der Waals surface area contributed by atoms with Gasteiger partial charge >= 0.3 is 15.6 Å². The number of amides is 1. The summed E-state index contributed by atoms with van der Waals surface area (Å²) in [5.74, 6) is -0.601. The van der Waals surface area contributed by atoms with E-state index in [1.165, 1.54) is 46.2 Å². The Morgan fingerprint density at radius 2 is 1.61 bits per heavy atom. The second kappa shape index (κ2) is 12.5. The van der Waals surface area contributed by atoms with E-state index in [9.17, 15) is 44.1 Å². The SMILES string of the molecule is NC(=O)c1ccc[n+](C2OC(COP(=O)(O)OP(=O)(O)OCC3OC(n4ccc5c(N)ncnc54)C(O)C3O)C(O)C2O)c1. The largest absolute Gasteiger partial charge is 0.481 e. The molecule has 240 valence electrons. The van der Waals surface area contributed by atoms with Gasteiger partial charge in [-0.25, -0.2) is 19.1 Å². The van der Waals surface area contributed by atoms with Gasteiger partial charge in [0, 0.05) is 12.3 Å². The van der Waals surface area contributed by atoms with Crippen LogP contribution in [0.4, 0.5) is 5.82 Å². The molecule has 3 aromatic heterocycles. The average molecular weight is 663 g/mol. The number of hydrogen-bond donors (Lipinski definition) is 8. The number of fused-ring (bicyclic) bond motifs is 1. The second-order valence-electron chi connectivity index (χ2n) is 9.83. The molecule has 10 atom stereocenters. The van der Waals surface area contributed by atoms with Crippen LogP contribution in [-0.4, -0.2) is 100 Å². The van der Waals surface area contributed by atoms with Gasteiger partial charge in [-0.1, -0.05) is 0 Å². The zero-order valence-corrected chi connectivity index (χ0v) is 24.2. The number of primary amides is 1. The number of nitrogen functional groups attached to an aromatic ring is 1. The number of hydrogen-bond acceptors (Lipinski definition) is 15. The maximum absolute atomic E-state index is 12.4. The highest BCUT2D eigenvalue weighted by atomic mass is 31.3. The standard InChI is InChI=1S/C22H28N6O14P2/c23-18-11-3-5-28(20(11)26-9-25-18)22-17(32)15(30)13(41-22)8-39-44(36,37)42-43(34,35)38-7-12-14(29)16(31)21(40-12)27-4-1-2-10(6-27)19(24)33/h1-6,9,12-17,21-22,29-32H,7-8H2,(H5-,23,24,25,26,33,34,35,36,37)/p+1. The summed E-state index contributed by atoms with van der Waals surface area (Å²) in [6, 6.07) is 4.40. The topological polar surface area (TPSA) is 305 Å². The molecule has 2 aliphatic heterocycles. The van der Waals surface area contributed by atoms with Crippen LogP contribution in [0.3, 0.4) is 0 Å². The van der Waals surface area contributed by atoms with Gasteiger partial charge in [-0.15, -0.1) is 0 Å². The van der Waals surface area contributed by atoms with E-state index in [0.29, 0.717) is 5.39 Å². The monoisotopic (exact) mass is 663 g/mol. The zero-order chi connectivity index (χ0) is 32.0. The number of carbonyl (C=O) groups excluding carboxylic acids is 1. The van der Waals surface area contributed by atoms with Crippen LogP contribution in [0.2, 0.25) is 0 Å². The summed E-state index contributed by atoms with van der Waals surface area (Å²) in [7, 11) is -10.7. The number of pyridine rings is 1. The van der Waals surface area contributed by atoms with Crippen molar-refractivity contribution >= 4 is 38.4 Å². The fourth-order valence-electron chi connectivity index (χ4n) is 4.72. The van der Waals surface area contributed by atoms with E-state index in [-0.39, 0.29) is 17.0 Å². The van der Waals surface area contributed by atoms with E-state index in [1.54, 1.807) is 6.07 Å². The van der Waals surface area contributed by atoms with Gasteiger partial charge in [-0.3, -0.25) is 13.8 Å². The Morgan fingerprint density at radius 3 is 2.27 bits per heavy atom. The van der Waals surface area contributed by atoms with Crippen LogP contribution >= 0.6 is 15.6 Å². The Bertz CT molecular complexity index is 1630. The summed E-state index contributed by atoms with van der Waals surface area (Å²) in [6.45, 7) is -1.77. The lowest BCUT2D eigenvalue weighted by molar-refractivity contribution is -0.765. The summed E-state index contributed by atoms with van der Waals surface area (Å²) in [6.07, 6.45) is -6.37. The van der Waals surface area contributed by atoms with Gasteiger partial charge < -0.3 is 55.7 Å². The van der Waals surface area contributed by atoms with Crippen LogP contribution in [0, 0.1) is 0 Å². The third kappa shape index (κ3) is 6.68. The van der Waals surface area contributed by atoms with E-state index in [1.807, 2.05) is 0 Å². The van der Waals surface area contributed by atoms with Gasteiger partial charge in [0.1, 0.15) is 53.9 Å². The molecule has 10 unspecified atom stereocenters. The molecular formula is C22H29N6O14P2+. The summed E-state index contributed by atoms with van der Waals surface area (Å²) in [5.41, 5.74) is 11.4. The van der Waals surface area contributed by atoms with E-state index in [4.69, 9.17) is 30.0 Å². The first-order valence-corrected chi connectivity index (χ1v) is 15.7. The van der Waals surface area contributed by atoms with Crippen LogP contribution in [0.1, 0.15) is 22.8 Å². The van der Waals surface area contributed by atoms with Gasteiger partial charge in [0.15, 0.2) is 24.7 Å². The number of aromatic nitrogens is 4. The van der Waals surface area contributed by atoms with Crippen LogP contribution < -0.4 is 16.0 Å². The Balaban J connectivity index is 1.16. The minimum absolute atomic E-state index is 0.0722. The molecular weight excluding hydrogens is 634 g/mol. The van der Waals surface area contributed by atoms with Gasteiger partial charge in [0.2, 0.25) is 0 Å². The molecule has 0 bridgehead atoms. The molecule has 22 heteroatoms. The molecule has 2 fully saturated rings. The first-order chi connectivity index (χ1) is 20.7. The Hall–Kier alpha value is -2.94. The lowest BCUT2D eigenvalue weighted by Gasteiger charge is -2.20. The number of carbonyl (C=O) groups is 1. The van der Waals surface area contributed by atoms with Crippen molar-refractivity contribution in [3.63, 3.8) is 0 Å². The minimum Gasteiger partial charge on any atom is -0.387 e. The number of rotatable bonds is 11. The van der Waals surface area contributed by atoms with Crippen molar-refractivity contribution < 1.29 is 71.5 Å². The van der Waals surface area contributed by atoms with Crippen LogP contribution in [0.15, 0.2) is 43.1 Å². The lowest BCUT2D eigenvalue weighted by atomic mass is 10.1. The molecule has 0 saturated carbocycles. The molecule has 44 heavy (non-hydrogen) atoms. The van der Waals surface area contributed by atoms with Crippen molar-refractivity contribution in [2.75, 3.05) is 18.9 Å². The van der Waals surface area contributed by atoms with Crippen LogP contribution in [0.5, 0.6) is 0 Å². The molecule has 1 amide bonds. The summed E-state index contributed by atoms with van der Waals surface area (Å²) in [4.78, 5) is 39.4. The number of phosphoric acid groups is 2. The number of phosphoric ester groups is 2. The first-order valence-electron chi connectivity index (χ1n) is 12.7. The Labute approximate surface area is 247 Å². The Kier molecular flexibility index (Phi) is 9.18. The molecule has 2 saturated heterocycles. The number of aliphatic hydroxyl groups is 4. The number of aliphatic hydroxyl groups excluding tert-OH is 4. The molecule has 0 radical (unpaired) electrons. The van der Waals surface area contributed by atoms with Gasteiger partial charge in [0.05, 0.1) is 18.6 Å². The third-order valence-electron chi connectivity index (χ3n) is 6.90. The van der Waals surface area contributed by atoms with Crippen molar-refractivity contribution in [2.24, 2.45) is 5.73 Å². The van der Waals surface area contributed by atoms with Crippen molar-refractivity contribution in [3.8, 4) is 0 Å². The maximum Gasteiger partial charge on any atom is 0.481 e. The highest BCUT2D eigenvalue weighted by molar-refractivity contribution is 7.61. The molecule has 0 spiro atoms. The minimum atomic E-state index is -5.36. The smallest absolute Gasteiger partial charge is 0.387 e. The molecule has 5 rings (SSSR count). The maximum atomic E-state index is 12.4. The number of ether oxygens (including phenoxy) is 2. The molecule has 10 N–H and O–H groups in total. The van der Waals surface area contributed by atoms with E-state index in [0.717, 1.165) is 0 Å². The predicted octanol–water partition coefficient (Wildman–Crippen LogP) is -2.41. The Morgan fingerprint density at radius 1 is 0.977 bits per heavy atom. The van der Waals surface area contributed by atoms with Crippen molar-refractivity contribution in [1.82, 2.24) is 14.5 Å².